The number of nitrogens with zero attached hydrogens (tertiary/aromatic N) is 3. The van der Waals surface area contributed by atoms with Crippen molar-refractivity contribution in [2.75, 3.05) is 36.9 Å². The van der Waals surface area contributed by atoms with Crippen LogP contribution in [0.4, 0.5) is 11.8 Å². The van der Waals surface area contributed by atoms with Crippen LogP contribution in [0.5, 0.6) is 0 Å². The quantitative estimate of drug-likeness (QED) is 0.838. The minimum atomic E-state index is -0.456. The average Bonchev–Trinajstić information content (AvgIpc) is 2.47. The number of hydrogen-bond donors (Lipinski definition) is 2. The number of amides is 1. The van der Waals surface area contributed by atoms with E-state index in [4.69, 9.17) is 22.1 Å². The van der Waals surface area contributed by atoms with Crippen LogP contribution < -0.4 is 16.0 Å². The molecule has 3 N–H and O–H groups in total. The van der Waals surface area contributed by atoms with E-state index in [9.17, 15) is 4.79 Å². The fraction of sp³-hybridized carbons (Fsp3) is 0.583. The summed E-state index contributed by atoms with van der Waals surface area (Å²) in [5.74, 6) is 0.502. The second kappa shape index (κ2) is 6.71. The summed E-state index contributed by atoms with van der Waals surface area (Å²) in [4.78, 5) is 22.0. The van der Waals surface area contributed by atoms with E-state index in [1.54, 1.807) is 0 Å². The second-order valence-electron chi connectivity index (χ2n) is 4.47. The monoisotopic (exact) mass is 299 g/mol. The zero-order chi connectivity index (χ0) is 14.5. The van der Waals surface area contributed by atoms with E-state index < -0.39 is 6.04 Å². The minimum absolute atomic E-state index is 0.0974. The van der Waals surface area contributed by atoms with Gasteiger partial charge in [-0.3, -0.25) is 4.79 Å². The number of aromatic nitrogens is 2. The highest BCUT2D eigenvalue weighted by Crippen LogP contribution is 2.26. The molecule has 0 saturated carbocycles. The number of rotatable bonds is 4. The van der Waals surface area contributed by atoms with Crippen LogP contribution in [0.1, 0.15) is 13.3 Å². The van der Waals surface area contributed by atoms with Crippen molar-refractivity contribution in [2.24, 2.45) is 0 Å². The molecule has 7 nitrogen and oxygen atoms in total. The molecule has 1 saturated heterocycles. The molecular weight excluding hydrogens is 282 g/mol. The average molecular weight is 300 g/mol. The number of nitrogens with two attached hydrogens (primary N) is 1. The summed E-state index contributed by atoms with van der Waals surface area (Å²) in [7, 11) is 0. The lowest BCUT2D eigenvalue weighted by atomic mass is 10.2. The van der Waals surface area contributed by atoms with Crippen LogP contribution in [-0.2, 0) is 9.53 Å². The van der Waals surface area contributed by atoms with Crippen LogP contribution in [0.2, 0.25) is 5.02 Å². The third-order valence-corrected chi connectivity index (χ3v) is 3.26. The summed E-state index contributed by atoms with van der Waals surface area (Å²) < 4.78 is 5.38. The van der Waals surface area contributed by atoms with Crippen molar-refractivity contribution in [1.29, 1.82) is 0 Å². The Labute approximate surface area is 122 Å². The molecule has 0 radical (unpaired) electrons. The van der Waals surface area contributed by atoms with Gasteiger partial charge in [0.15, 0.2) is 5.82 Å². The van der Waals surface area contributed by atoms with Gasteiger partial charge in [-0.15, -0.1) is 0 Å². The maximum absolute atomic E-state index is 12.2. The maximum atomic E-state index is 12.2. The highest BCUT2D eigenvalue weighted by atomic mass is 35.5. The van der Waals surface area contributed by atoms with Crippen LogP contribution in [-0.4, -0.2) is 48.2 Å². The third kappa shape index (κ3) is 3.29. The van der Waals surface area contributed by atoms with Crippen molar-refractivity contribution in [3.05, 3.63) is 11.2 Å². The second-order valence-corrected chi connectivity index (χ2v) is 4.88. The van der Waals surface area contributed by atoms with Crippen LogP contribution in [0.15, 0.2) is 6.20 Å². The number of nitrogen functional groups attached to an aromatic ring is 1. The Balaban J connectivity index is 2.22. The molecule has 110 valence electrons. The topological polar surface area (TPSA) is 93.4 Å². The number of ether oxygens (including phenoxy) is 1. The molecule has 1 unspecified atom stereocenters. The molecule has 0 bridgehead atoms. The fourth-order valence-corrected chi connectivity index (χ4v) is 2.21. The first-order chi connectivity index (χ1) is 9.63. The first-order valence-electron chi connectivity index (χ1n) is 6.53. The van der Waals surface area contributed by atoms with Gasteiger partial charge in [-0.05, 0) is 6.42 Å². The molecule has 1 atom stereocenters. The lowest BCUT2D eigenvalue weighted by Gasteiger charge is -2.35. The Kier molecular flexibility index (Phi) is 4.97. The lowest BCUT2D eigenvalue weighted by molar-refractivity contribution is -0.124. The number of morpholine rings is 1. The van der Waals surface area contributed by atoms with Crippen molar-refractivity contribution >= 4 is 29.3 Å². The molecule has 0 aromatic carbocycles. The van der Waals surface area contributed by atoms with E-state index in [2.05, 4.69) is 15.3 Å². The number of hydrogen-bond acceptors (Lipinski definition) is 6. The molecule has 1 aromatic heterocycles. The van der Waals surface area contributed by atoms with Crippen molar-refractivity contribution in [3.63, 3.8) is 0 Å². The zero-order valence-corrected chi connectivity index (χ0v) is 12.1. The Hall–Kier alpha value is -1.60. The van der Waals surface area contributed by atoms with Gasteiger partial charge in [-0.25, -0.2) is 4.98 Å². The minimum Gasteiger partial charge on any atom is -0.377 e. The molecule has 2 rings (SSSR count). The van der Waals surface area contributed by atoms with E-state index >= 15 is 0 Å². The molecular formula is C12H18ClN5O2. The van der Waals surface area contributed by atoms with E-state index in [0.717, 1.165) is 6.42 Å². The van der Waals surface area contributed by atoms with Gasteiger partial charge in [0.1, 0.15) is 11.1 Å². The first-order valence-corrected chi connectivity index (χ1v) is 6.91. The third-order valence-electron chi connectivity index (χ3n) is 3.00. The highest BCUT2D eigenvalue weighted by molar-refractivity contribution is 6.32. The van der Waals surface area contributed by atoms with Gasteiger partial charge in [0, 0.05) is 13.1 Å². The van der Waals surface area contributed by atoms with Crippen LogP contribution in [0.3, 0.4) is 0 Å². The van der Waals surface area contributed by atoms with E-state index in [1.165, 1.54) is 6.20 Å². The summed E-state index contributed by atoms with van der Waals surface area (Å²) in [6, 6.07) is -0.456. The van der Waals surface area contributed by atoms with E-state index in [-0.39, 0.29) is 11.9 Å². The number of anilines is 2. The SMILES string of the molecule is CCCNC(=O)C1COCCN1c1nc(N)ncc1Cl. The summed E-state index contributed by atoms with van der Waals surface area (Å²) in [6.07, 6.45) is 2.32. The Bertz CT molecular complexity index is 485. The van der Waals surface area contributed by atoms with Crippen LogP contribution in [0.25, 0.3) is 0 Å². The van der Waals surface area contributed by atoms with Gasteiger partial charge in [0.25, 0.3) is 0 Å². The molecule has 8 heteroatoms. The zero-order valence-electron chi connectivity index (χ0n) is 11.3. The standard InChI is InChI=1S/C12H18ClN5O2/c1-2-3-15-11(19)9-7-20-5-4-18(9)10-8(13)6-16-12(14)17-10/h6,9H,2-5,7H2,1H3,(H,15,19)(H2,14,16,17). The predicted octanol–water partition coefficient (Wildman–Crippen LogP) is 0.444. The van der Waals surface area contributed by atoms with Crippen molar-refractivity contribution in [2.45, 2.75) is 19.4 Å². The van der Waals surface area contributed by atoms with Gasteiger partial charge >= 0.3 is 0 Å². The van der Waals surface area contributed by atoms with Gasteiger partial charge in [-0.1, -0.05) is 18.5 Å². The first kappa shape index (κ1) is 14.8. The molecule has 2 heterocycles. The molecule has 1 aliphatic heterocycles. The van der Waals surface area contributed by atoms with Gasteiger partial charge in [0.2, 0.25) is 11.9 Å². The Morgan fingerprint density at radius 1 is 1.70 bits per heavy atom. The van der Waals surface area contributed by atoms with Crippen molar-refractivity contribution in [1.82, 2.24) is 15.3 Å². The van der Waals surface area contributed by atoms with E-state index in [0.29, 0.717) is 37.1 Å². The van der Waals surface area contributed by atoms with Gasteiger partial charge < -0.3 is 20.7 Å². The molecule has 1 aromatic rings. The summed E-state index contributed by atoms with van der Waals surface area (Å²) in [5, 5.41) is 3.23. The smallest absolute Gasteiger partial charge is 0.245 e. The number of carbonyl (C=O) groups is 1. The number of nitrogens with one attached hydrogen (secondary N) is 1. The van der Waals surface area contributed by atoms with Crippen molar-refractivity contribution in [3.8, 4) is 0 Å². The van der Waals surface area contributed by atoms with Gasteiger partial charge in [0.05, 0.1) is 19.4 Å². The number of halogens is 1. The fourth-order valence-electron chi connectivity index (χ4n) is 2.01. The molecule has 0 spiro atoms. The maximum Gasteiger partial charge on any atom is 0.245 e. The highest BCUT2D eigenvalue weighted by Gasteiger charge is 2.31. The van der Waals surface area contributed by atoms with Crippen LogP contribution >= 0.6 is 11.6 Å². The lowest BCUT2D eigenvalue weighted by Crippen LogP contribution is -2.54. The van der Waals surface area contributed by atoms with Crippen molar-refractivity contribution < 1.29 is 9.53 Å². The Morgan fingerprint density at radius 2 is 2.50 bits per heavy atom. The van der Waals surface area contributed by atoms with Crippen LogP contribution in [0, 0.1) is 0 Å². The van der Waals surface area contributed by atoms with E-state index in [1.807, 2.05) is 11.8 Å². The summed E-state index contributed by atoms with van der Waals surface area (Å²) in [5.41, 5.74) is 5.60. The largest absolute Gasteiger partial charge is 0.377 e. The molecule has 1 aliphatic rings. The van der Waals surface area contributed by atoms with Gasteiger partial charge in [-0.2, -0.15) is 4.98 Å². The molecule has 0 aliphatic carbocycles. The summed E-state index contributed by atoms with van der Waals surface area (Å²) >= 11 is 6.11. The Morgan fingerprint density at radius 3 is 3.25 bits per heavy atom. The molecule has 20 heavy (non-hydrogen) atoms. The molecule has 1 amide bonds. The normalized spacial score (nSPS) is 18.9. The molecule has 1 fully saturated rings. The summed E-state index contributed by atoms with van der Waals surface area (Å²) in [6.45, 7) is 3.97. The predicted molar refractivity (Wildman–Crippen MR) is 76.7 cm³/mol. The number of carbonyl (C=O) groups excluding carboxylic acids is 1.